The van der Waals surface area contributed by atoms with E-state index in [1.165, 1.54) is 18.3 Å². The van der Waals surface area contributed by atoms with Crippen molar-refractivity contribution in [3.8, 4) is 35.6 Å². The van der Waals surface area contributed by atoms with Gasteiger partial charge in [-0.3, -0.25) is 14.8 Å². The number of hydrogen-bond acceptors (Lipinski definition) is 6. The van der Waals surface area contributed by atoms with E-state index >= 15 is 0 Å². The van der Waals surface area contributed by atoms with Crippen molar-refractivity contribution < 1.29 is 22.7 Å². The van der Waals surface area contributed by atoms with Crippen molar-refractivity contribution in [3.05, 3.63) is 94.5 Å². The summed E-state index contributed by atoms with van der Waals surface area (Å²) in [5.41, 5.74) is 4.65. The van der Waals surface area contributed by atoms with Crippen molar-refractivity contribution in [2.75, 3.05) is 18.0 Å². The number of fused-ring (bicyclic) bond motifs is 2. The number of nitrogens with zero attached hydrogens (tertiary/aromatic N) is 4. The number of aromatic nitrogens is 2. The van der Waals surface area contributed by atoms with Crippen LogP contribution in [0.2, 0.25) is 0 Å². The number of allylic oxidation sites excluding steroid dienone is 5. The predicted molar refractivity (Wildman–Crippen MR) is 169 cm³/mol. The number of carbonyl (C=O) groups is 1. The zero-order chi connectivity index (χ0) is 32.3. The standard InChI is InChI=1S/C36H30F3N5O2/c1-2-3-8-33(45)43-22-23-11-13-41-31(17-23)32-19-24(12-14-42-32)26(21-40)9-10-27-20-30(36(37,38)39)29-18-25-6-4-15-44-16-5-7-28(34(25)44)35(29)46-27/h1,9-14,17-20H,3-8,15-16,22H2,(H,43,45)/b26-9+,27-10-. The summed E-state index contributed by atoms with van der Waals surface area (Å²) in [6.07, 6.45) is 11.4. The molecule has 7 nitrogen and oxygen atoms in total. The van der Waals surface area contributed by atoms with E-state index in [4.69, 9.17) is 11.2 Å². The van der Waals surface area contributed by atoms with Crippen molar-refractivity contribution in [2.24, 2.45) is 0 Å². The first kappa shape index (κ1) is 30.7. The third-order valence-electron chi connectivity index (χ3n) is 8.25. The van der Waals surface area contributed by atoms with E-state index in [1.54, 1.807) is 36.5 Å². The first-order chi connectivity index (χ1) is 22.2. The van der Waals surface area contributed by atoms with Crippen LogP contribution in [0.5, 0.6) is 5.75 Å². The van der Waals surface area contributed by atoms with Crippen LogP contribution in [0.15, 0.2) is 66.7 Å². The maximum atomic E-state index is 14.4. The Bertz CT molecular complexity index is 1880. The van der Waals surface area contributed by atoms with Gasteiger partial charge in [0.25, 0.3) is 0 Å². The summed E-state index contributed by atoms with van der Waals surface area (Å²) in [5, 5.41) is 12.8. The Kier molecular flexibility index (Phi) is 8.63. The van der Waals surface area contributed by atoms with Crippen LogP contribution in [0.25, 0.3) is 22.5 Å². The van der Waals surface area contributed by atoms with Crippen LogP contribution in [0.1, 0.15) is 53.5 Å². The second-order valence-corrected chi connectivity index (χ2v) is 11.3. The number of nitrogens with one attached hydrogen (secondary N) is 1. The highest BCUT2D eigenvalue weighted by atomic mass is 19.4. The highest BCUT2D eigenvalue weighted by molar-refractivity contribution is 5.85. The quantitative estimate of drug-likeness (QED) is 0.233. The monoisotopic (exact) mass is 621 g/mol. The lowest BCUT2D eigenvalue weighted by atomic mass is 9.86. The number of alkyl halides is 3. The van der Waals surface area contributed by atoms with Crippen molar-refractivity contribution >= 4 is 22.7 Å². The van der Waals surface area contributed by atoms with Crippen molar-refractivity contribution in [2.45, 2.75) is 51.2 Å². The number of anilines is 1. The Labute approximate surface area is 265 Å². The average molecular weight is 622 g/mol. The number of carbonyl (C=O) groups excluding carboxylic acids is 1. The van der Waals surface area contributed by atoms with E-state index in [0.29, 0.717) is 29.8 Å². The minimum atomic E-state index is -4.59. The van der Waals surface area contributed by atoms with E-state index in [1.807, 2.05) is 0 Å². The maximum absolute atomic E-state index is 14.4. The first-order valence-electron chi connectivity index (χ1n) is 15.1. The molecule has 0 saturated carbocycles. The Hall–Kier alpha value is -5.35. The Morgan fingerprint density at radius 2 is 1.87 bits per heavy atom. The first-order valence-corrected chi connectivity index (χ1v) is 15.1. The zero-order valence-corrected chi connectivity index (χ0v) is 25.0. The van der Waals surface area contributed by atoms with Gasteiger partial charge in [-0.15, -0.1) is 12.3 Å². The Balaban J connectivity index is 1.29. The smallest absolute Gasteiger partial charge is 0.417 e. The van der Waals surface area contributed by atoms with E-state index in [-0.39, 0.29) is 41.5 Å². The molecule has 1 aromatic carbocycles. The lowest BCUT2D eigenvalue weighted by Gasteiger charge is -2.39. The third kappa shape index (κ3) is 6.38. The summed E-state index contributed by atoms with van der Waals surface area (Å²) in [5.74, 6) is 2.54. The number of halogens is 3. The van der Waals surface area contributed by atoms with Crippen LogP contribution in [0, 0.1) is 23.7 Å². The molecule has 0 unspecified atom stereocenters. The van der Waals surface area contributed by atoms with Gasteiger partial charge in [0.2, 0.25) is 5.91 Å². The molecule has 232 valence electrons. The second kappa shape index (κ2) is 12.9. The van der Waals surface area contributed by atoms with Gasteiger partial charge in [-0.25, -0.2) is 0 Å². The summed E-state index contributed by atoms with van der Waals surface area (Å²) < 4.78 is 49.3. The van der Waals surface area contributed by atoms with Crippen LogP contribution < -0.4 is 15.0 Å². The van der Waals surface area contributed by atoms with Crippen LogP contribution >= 0.6 is 0 Å². The van der Waals surface area contributed by atoms with Crippen LogP contribution in [-0.2, 0) is 24.2 Å². The average Bonchev–Trinajstić information content (AvgIpc) is 3.06. The molecule has 2 aromatic heterocycles. The molecule has 46 heavy (non-hydrogen) atoms. The number of pyridine rings is 2. The summed E-state index contributed by atoms with van der Waals surface area (Å²) in [4.78, 5) is 23.0. The number of benzene rings is 1. The van der Waals surface area contributed by atoms with Crippen molar-refractivity contribution in [1.82, 2.24) is 15.3 Å². The molecular weight excluding hydrogens is 591 g/mol. The molecule has 0 spiro atoms. The fourth-order valence-corrected chi connectivity index (χ4v) is 6.13. The van der Waals surface area contributed by atoms with Crippen molar-refractivity contribution in [1.29, 1.82) is 5.26 Å². The van der Waals surface area contributed by atoms with Gasteiger partial charge in [0, 0.05) is 61.7 Å². The molecule has 1 amide bonds. The van der Waals surface area contributed by atoms with Gasteiger partial charge >= 0.3 is 6.18 Å². The SMILES string of the molecule is C#CCCC(=O)NCc1ccnc(-c2cc(/C(C#N)=C/C=C3/C=C(C(F)(F)F)c4cc5c6c(c4O3)CCCN6CCC5)ccn2)c1. The molecule has 6 rings (SSSR count). The largest absolute Gasteiger partial charge is 0.456 e. The molecule has 0 bridgehead atoms. The van der Waals surface area contributed by atoms with Gasteiger partial charge in [-0.2, -0.15) is 18.4 Å². The third-order valence-corrected chi connectivity index (χ3v) is 8.25. The number of rotatable bonds is 7. The number of terminal acetylenes is 1. The topological polar surface area (TPSA) is 91.1 Å². The zero-order valence-electron chi connectivity index (χ0n) is 25.0. The summed E-state index contributed by atoms with van der Waals surface area (Å²) in [6.45, 7) is 2.05. The molecule has 3 aliphatic heterocycles. The Morgan fingerprint density at radius 3 is 2.63 bits per heavy atom. The highest BCUT2D eigenvalue weighted by Crippen LogP contribution is 2.50. The number of aryl methyl sites for hydroxylation is 1. The molecule has 3 aromatic rings. The molecule has 0 aliphatic carbocycles. The molecule has 5 heterocycles. The van der Waals surface area contributed by atoms with Gasteiger partial charge in [-0.1, -0.05) is 0 Å². The van der Waals surface area contributed by atoms with Crippen molar-refractivity contribution in [3.63, 3.8) is 0 Å². The minimum absolute atomic E-state index is 0.00430. The summed E-state index contributed by atoms with van der Waals surface area (Å²) in [6, 6.07) is 10.7. The van der Waals surface area contributed by atoms with E-state index < -0.39 is 11.7 Å². The van der Waals surface area contributed by atoms with Gasteiger partial charge < -0.3 is 15.0 Å². The maximum Gasteiger partial charge on any atom is 0.417 e. The molecular formula is C36H30F3N5O2. The van der Waals surface area contributed by atoms with Crippen LogP contribution in [0.4, 0.5) is 18.9 Å². The molecule has 1 N–H and O–H groups in total. The predicted octanol–water partition coefficient (Wildman–Crippen LogP) is 6.70. The molecule has 0 radical (unpaired) electrons. The molecule has 10 heteroatoms. The van der Waals surface area contributed by atoms with Gasteiger partial charge in [0.05, 0.1) is 28.6 Å². The molecule has 0 atom stereocenters. The van der Waals surface area contributed by atoms with E-state index in [0.717, 1.165) is 60.8 Å². The number of hydrogen-bond donors (Lipinski definition) is 1. The number of nitriles is 1. The molecule has 0 saturated heterocycles. The molecule has 3 aliphatic rings. The summed E-state index contributed by atoms with van der Waals surface area (Å²) in [7, 11) is 0. The second-order valence-electron chi connectivity index (χ2n) is 11.3. The lowest BCUT2D eigenvalue weighted by Crippen LogP contribution is -2.35. The minimum Gasteiger partial charge on any atom is -0.456 e. The lowest BCUT2D eigenvalue weighted by molar-refractivity contribution is -0.121. The van der Waals surface area contributed by atoms with Gasteiger partial charge in [-0.05, 0) is 90.9 Å². The fraction of sp³-hybridized carbons (Fsp3) is 0.278. The molecule has 0 fully saturated rings. The normalized spacial score (nSPS) is 16.4. The van der Waals surface area contributed by atoms with E-state index in [2.05, 4.69) is 32.2 Å². The van der Waals surface area contributed by atoms with Crippen LogP contribution in [0.3, 0.4) is 0 Å². The van der Waals surface area contributed by atoms with Crippen LogP contribution in [-0.4, -0.2) is 35.1 Å². The van der Waals surface area contributed by atoms with Gasteiger partial charge in [0.15, 0.2) is 0 Å². The number of amides is 1. The van der Waals surface area contributed by atoms with E-state index in [9.17, 15) is 23.2 Å². The number of ether oxygens (including phenoxy) is 1. The summed E-state index contributed by atoms with van der Waals surface area (Å²) >= 11 is 0. The fourth-order valence-electron chi connectivity index (χ4n) is 6.13. The Morgan fingerprint density at radius 1 is 1.11 bits per heavy atom. The highest BCUT2D eigenvalue weighted by Gasteiger charge is 2.41. The van der Waals surface area contributed by atoms with Gasteiger partial charge in [0.1, 0.15) is 11.5 Å².